The number of anilines is 2. The highest BCUT2D eigenvalue weighted by Gasteiger charge is 2.39. The molecule has 1 aromatic heterocycles. The molecule has 2 bridgehead atoms. The normalized spacial score (nSPS) is 27.5. The third-order valence-corrected chi connectivity index (χ3v) is 3.66. The summed E-state index contributed by atoms with van der Waals surface area (Å²) in [4.78, 5) is 14.8. The molecule has 1 aromatic rings. The average molecular weight is 240 g/mol. The lowest BCUT2D eigenvalue weighted by atomic mass is 10.1. The van der Waals surface area contributed by atoms with Crippen molar-refractivity contribution in [2.75, 3.05) is 23.8 Å². The lowest BCUT2D eigenvalue weighted by Crippen LogP contribution is -2.33. The fraction of sp³-hybridized carbons (Fsp3) is 0.700. The fourth-order valence-corrected chi connectivity index (χ4v) is 2.91. The van der Waals surface area contributed by atoms with Gasteiger partial charge in [-0.15, -0.1) is 0 Å². The van der Waals surface area contributed by atoms with E-state index in [1.54, 1.807) is 7.05 Å². The van der Waals surface area contributed by atoms with Gasteiger partial charge in [0, 0.05) is 19.6 Å². The van der Waals surface area contributed by atoms with Gasteiger partial charge in [0.25, 0.3) is 0 Å². The summed E-state index contributed by atoms with van der Waals surface area (Å²) in [5, 5.41) is 3.16. The van der Waals surface area contributed by atoms with Gasteiger partial charge < -0.3 is 10.2 Å². The smallest absolute Gasteiger partial charge is 0.231 e. The van der Waals surface area contributed by atoms with Crippen molar-refractivity contribution in [1.82, 2.24) is 15.0 Å². The Morgan fingerprint density at radius 1 is 1.31 bits per heavy atom. The van der Waals surface area contributed by atoms with Crippen molar-refractivity contribution in [3.63, 3.8) is 0 Å². The van der Waals surface area contributed by atoms with Crippen molar-refractivity contribution < 1.29 is 0 Å². The molecule has 16 heavy (non-hydrogen) atoms. The van der Waals surface area contributed by atoms with Gasteiger partial charge in [-0.2, -0.15) is 15.0 Å². The fourth-order valence-electron chi connectivity index (χ4n) is 2.75. The second-order valence-corrected chi connectivity index (χ2v) is 4.80. The number of rotatable bonds is 2. The van der Waals surface area contributed by atoms with Gasteiger partial charge in [-0.3, -0.25) is 0 Å². The van der Waals surface area contributed by atoms with E-state index in [2.05, 4.69) is 25.2 Å². The molecule has 86 valence electrons. The molecule has 5 nitrogen and oxygen atoms in total. The molecule has 2 atom stereocenters. The van der Waals surface area contributed by atoms with Crippen LogP contribution in [0.15, 0.2) is 0 Å². The number of halogens is 1. The van der Waals surface area contributed by atoms with Crippen molar-refractivity contribution in [3.8, 4) is 0 Å². The first-order valence-corrected chi connectivity index (χ1v) is 6.00. The number of nitrogens with one attached hydrogen (secondary N) is 1. The SMILES string of the molecule is CNc1nc(Cl)nc(N2CC3CCC2C3)n1. The highest BCUT2D eigenvalue weighted by molar-refractivity contribution is 6.28. The molecule has 3 rings (SSSR count). The molecular formula is C10H14ClN5. The maximum Gasteiger partial charge on any atom is 0.231 e. The second-order valence-electron chi connectivity index (χ2n) is 4.46. The molecule has 0 spiro atoms. The second kappa shape index (κ2) is 3.73. The molecule has 1 aliphatic carbocycles. The van der Waals surface area contributed by atoms with Gasteiger partial charge in [0.1, 0.15) is 0 Å². The van der Waals surface area contributed by atoms with Crippen LogP contribution in [-0.4, -0.2) is 34.6 Å². The van der Waals surface area contributed by atoms with E-state index >= 15 is 0 Å². The Morgan fingerprint density at radius 2 is 2.19 bits per heavy atom. The zero-order valence-corrected chi connectivity index (χ0v) is 9.91. The van der Waals surface area contributed by atoms with Crippen LogP contribution in [0.2, 0.25) is 5.28 Å². The van der Waals surface area contributed by atoms with E-state index in [0.717, 1.165) is 18.4 Å². The third-order valence-electron chi connectivity index (χ3n) is 3.49. The highest BCUT2D eigenvalue weighted by Crippen LogP contribution is 2.39. The zero-order chi connectivity index (χ0) is 11.1. The number of aromatic nitrogens is 3. The maximum atomic E-state index is 5.88. The first-order chi connectivity index (χ1) is 7.76. The molecule has 2 unspecified atom stereocenters. The molecule has 2 heterocycles. The van der Waals surface area contributed by atoms with Gasteiger partial charge in [0.15, 0.2) is 0 Å². The van der Waals surface area contributed by atoms with Crippen LogP contribution < -0.4 is 10.2 Å². The third kappa shape index (κ3) is 1.59. The molecule has 2 fully saturated rings. The predicted molar refractivity (Wildman–Crippen MR) is 62.9 cm³/mol. The van der Waals surface area contributed by atoms with Crippen molar-refractivity contribution in [3.05, 3.63) is 5.28 Å². The Morgan fingerprint density at radius 3 is 2.81 bits per heavy atom. The number of hydrogen-bond acceptors (Lipinski definition) is 5. The molecule has 1 saturated carbocycles. The first kappa shape index (κ1) is 10.1. The Balaban J connectivity index is 1.91. The van der Waals surface area contributed by atoms with Crippen molar-refractivity contribution in [1.29, 1.82) is 0 Å². The topological polar surface area (TPSA) is 53.9 Å². The van der Waals surface area contributed by atoms with E-state index in [1.165, 1.54) is 19.3 Å². The predicted octanol–water partition coefficient (Wildman–Crippen LogP) is 1.56. The number of hydrogen-bond donors (Lipinski definition) is 1. The van der Waals surface area contributed by atoms with Crippen molar-refractivity contribution in [2.45, 2.75) is 25.3 Å². The van der Waals surface area contributed by atoms with Crippen molar-refractivity contribution >= 4 is 23.5 Å². The van der Waals surface area contributed by atoms with Crippen molar-refractivity contribution in [2.24, 2.45) is 5.92 Å². The quantitative estimate of drug-likeness (QED) is 0.849. The van der Waals surface area contributed by atoms with Gasteiger partial charge in [0.2, 0.25) is 17.2 Å². The molecular weight excluding hydrogens is 226 g/mol. The summed E-state index contributed by atoms with van der Waals surface area (Å²) in [7, 11) is 1.78. The number of piperidine rings is 1. The van der Waals surface area contributed by atoms with Crippen LogP contribution in [0.5, 0.6) is 0 Å². The zero-order valence-electron chi connectivity index (χ0n) is 9.15. The minimum Gasteiger partial charge on any atom is -0.357 e. The van der Waals surface area contributed by atoms with E-state index in [-0.39, 0.29) is 5.28 Å². The molecule has 0 radical (unpaired) electrons. The van der Waals surface area contributed by atoms with E-state index in [4.69, 9.17) is 11.6 Å². The molecule has 6 heteroatoms. The summed E-state index contributed by atoms with van der Waals surface area (Å²) >= 11 is 5.88. The van der Waals surface area contributed by atoms with Gasteiger partial charge in [-0.25, -0.2) is 0 Å². The van der Waals surface area contributed by atoms with Crippen LogP contribution in [-0.2, 0) is 0 Å². The minimum absolute atomic E-state index is 0.261. The van der Waals surface area contributed by atoms with Gasteiger partial charge in [0.05, 0.1) is 0 Å². The number of fused-ring (bicyclic) bond motifs is 2. The summed E-state index contributed by atoms with van der Waals surface area (Å²) in [5.74, 6) is 2.08. The summed E-state index contributed by atoms with van der Waals surface area (Å²) < 4.78 is 0. The summed E-state index contributed by atoms with van der Waals surface area (Å²) in [6, 6.07) is 0.605. The Bertz CT molecular complexity index is 410. The van der Waals surface area contributed by atoms with Crippen LogP contribution in [0.4, 0.5) is 11.9 Å². The Labute approximate surface area is 99.2 Å². The molecule has 2 aliphatic rings. The van der Waals surface area contributed by atoms with E-state index in [0.29, 0.717) is 12.0 Å². The van der Waals surface area contributed by atoms with Gasteiger partial charge >= 0.3 is 0 Å². The van der Waals surface area contributed by atoms with Crippen LogP contribution in [0, 0.1) is 5.92 Å². The van der Waals surface area contributed by atoms with E-state index < -0.39 is 0 Å². The maximum absolute atomic E-state index is 5.88. The monoisotopic (exact) mass is 239 g/mol. The highest BCUT2D eigenvalue weighted by atomic mass is 35.5. The summed E-state index contributed by atoms with van der Waals surface area (Å²) in [6.07, 6.45) is 3.87. The average Bonchev–Trinajstić information content (AvgIpc) is 2.89. The summed E-state index contributed by atoms with van der Waals surface area (Å²) in [6.45, 7) is 1.06. The molecule has 1 aliphatic heterocycles. The summed E-state index contributed by atoms with van der Waals surface area (Å²) in [5.41, 5.74) is 0. The lowest BCUT2D eigenvalue weighted by molar-refractivity contribution is 0.546. The molecule has 0 amide bonds. The van der Waals surface area contributed by atoms with E-state index in [1.807, 2.05) is 0 Å². The van der Waals surface area contributed by atoms with Crippen LogP contribution >= 0.6 is 11.6 Å². The molecule has 1 saturated heterocycles. The lowest BCUT2D eigenvalue weighted by Gasteiger charge is -2.26. The van der Waals surface area contributed by atoms with Crippen LogP contribution in [0.3, 0.4) is 0 Å². The minimum atomic E-state index is 0.261. The first-order valence-electron chi connectivity index (χ1n) is 5.62. The largest absolute Gasteiger partial charge is 0.357 e. The van der Waals surface area contributed by atoms with Gasteiger partial charge in [-0.1, -0.05) is 0 Å². The number of nitrogens with zero attached hydrogens (tertiary/aromatic N) is 4. The van der Waals surface area contributed by atoms with Crippen LogP contribution in [0.1, 0.15) is 19.3 Å². The Kier molecular flexibility index (Phi) is 2.35. The standard InChI is InChI=1S/C10H14ClN5/c1-12-9-13-8(11)14-10(15-9)16-5-6-2-3-7(16)4-6/h6-7H,2-5H2,1H3,(H,12,13,14,15). The molecule has 0 aromatic carbocycles. The Hall–Kier alpha value is -1.10. The van der Waals surface area contributed by atoms with Gasteiger partial charge in [-0.05, 0) is 36.8 Å². The molecule has 1 N–H and O–H groups in total. The van der Waals surface area contributed by atoms with Crippen LogP contribution in [0.25, 0.3) is 0 Å². The van der Waals surface area contributed by atoms with E-state index in [9.17, 15) is 0 Å².